The van der Waals surface area contributed by atoms with Crippen LogP contribution in [-0.4, -0.2) is 80.1 Å². The molecule has 0 unspecified atom stereocenters. The van der Waals surface area contributed by atoms with E-state index in [9.17, 15) is 18.0 Å². The van der Waals surface area contributed by atoms with E-state index in [1.54, 1.807) is 12.1 Å². The third kappa shape index (κ3) is 7.54. The largest absolute Gasteiger partial charge is 0.446 e. The number of thioether (sulfide) groups is 1. The minimum atomic E-state index is -4.28. The molecule has 2 aliphatic rings. The number of nitrogens with zero attached hydrogens (tertiary/aromatic N) is 4. The van der Waals surface area contributed by atoms with Crippen molar-refractivity contribution in [2.75, 3.05) is 68.7 Å². The maximum atomic E-state index is 12.9. The Morgan fingerprint density at radius 1 is 0.800 bits per heavy atom. The van der Waals surface area contributed by atoms with Gasteiger partial charge in [0.2, 0.25) is 5.91 Å². The Morgan fingerprint density at radius 2 is 1.37 bits per heavy atom. The number of aryl methyl sites for hydroxylation is 1. The van der Waals surface area contributed by atoms with Gasteiger partial charge in [0.15, 0.2) is 0 Å². The summed E-state index contributed by atoms with van der Waals surface area (Å²) in [6.07, 6.45) is 1.37. The first-order valence-electron chi connectivity index (χ1n) is 12.2. The standard InChI is InChI=1S/C26H33F3N4OS/c1-21-3-5-22(6-4-21)32-17-15-30(16-18-32)14-11-25(34)33-13-2-12-31(19-20-33)23-7-9-24(10-8-23)35-26(27,28)29/h3-10H,2,11-20H2,1H3. The summed E-state index contributed by atoms with van der Waals surface area (Å²) >= 11 is -0.0970. The van der Waals surface area contributed by atoms with Crippen molar-refractivity contribution in [1.29, 1.82) is 0 Å². The van der Waals surface area contributed by atoms with E-state index in [-0.39, 0.29) is 22.6 Å². The zero-order valence-electron chi connectivity index (χ0n) is 20.1. The van der Waals surface area contributed by atoms with Crippen molar-refractivity contribution >= 4 is 29.0 Å². The minimum Gasteiger partial charge on any atom is -0.370 e. The fourth-order valence-corrected chi connectivity index (χ4v) is 5.22. The highest BCUT2D eigenvalue weighted by molar-refractivity contribution is 8.00. The second-order valence-electron chi connectivity index (χ2n) is 9.18. The molecule has 2 heterocycles. The predicted octanol–water partition coefficient (Wildman–Crippen LogP) is 4.86. The molecule has 0 radical (unpaired) electrons. The molecular formula is C26H33F3N4OS. The lowest BCUT2D eigenvalue weighted by Crippen LogP contribution is -2.47. The van der Waals surface area contributed by atoms with Crippen LogP contribution in [0.4, 0.5) is 24.5 Å². The molecule has 0 aliphatic carbocycles. The number of hydrogen-bond acceptors (Lipinski definition) is 5. The molecule has 2 aromatic rings. The molecule has 0 atom stereocenters. The summed E-state index contributed by atoms with van der Waals surface area (Å²) in [4.78, 5) is 21.9. The second kappa shape index (κ2) is 11.6. The molecule has 1 amide bonds. The Bertz CT molecular complexity index is 960. The van der Waals surface area contributed by atoms with Gasteiger partial charge in [-0.3, -0.25) is 9.69 Å². The highest BCUT2D eigenvalue weighted by atomic mass is 32.2. The number of piperazine rings is 1. The summed E-state index contributed by atoms with van der Waals surface area (Å²) in [5.41, 5.74) is -0.855. The van der Waals surface area contributed by atoms with Crippen molar-refractivity contribution in [2.24, 2.45) is 0 Å². The summed E-state index contributed by atoms with van der Waals surface area (Å²) in [7, 11) is 0. The topological polar surface area (TPSA) is 30.0 Å². The van der Waals surface area contributed by atoms with Crippen molar-refractivity contribution in [3.8, 4) is 0 Å². The van der Waals surface area contributed by atoms with E-state index >= 15 is 0 Å². The van der Waals surface area contributed by atoms with Gasteiger partial charge in [-0.15, -0.1) is 0 Å². The third-order valence-corrected chi connectivity index (χ3v) is 7.44. The fourth-order valence-electron chi connectivity index (χ4n) is 4.68. The van der Waals surface area contributed by atoms with Crippen LogP contribution in [0.2, 0.25) is 0 Å². The van der Waals surface area contributed by atoms with Crippen LogP contribution in [0.1, 0.15) is 18.4 Å². The first-order valence-corrected chi connectivity index (χ1v) is 13.0. The average Bonchev–Trinajstić information content (AvgIpc) is 3.09. The molecular weight excluding hydrogens is 473 g/mol. The molecule has 190 valence electrons. The maximum Gasteiger partial charge on any atom is 0.446 e. The minimum absolute atomic E-state index is 0.0970. The van der Waals surface area contributed by atoms with Gasteiger partial charge in [-0.25, -0.2) is 0 Å². The van der Waals surface area contributed by atoms with Gasteiger partial charge in [0.1, 0.15) is 0 Å². The molecule has 2 fully saturated rings. The van der Waals surface area contributed by atoms with Gasteiger partial charge in [0.05, 0.1) is 0 Å². The van der Waals surface area contributed by atoms with Gasteiger partial charge < -0.3 is 14.7 Å². The van der Waals surface area contributed by atoms with E-state index in [2.05, 4.69) is 45.9 Å². The van der Waals surface area contributed by atoms with Crippen LogP contribution >= 0.6 is 11.8 Å². The summed E-state index contributed by atoms with van der Waals surface area (Å²) in [5.74, 6) is 0.185. The summed E-state index contributed by atoms with van der Waals surface area (Å²) in [5, 5.41) is 0. The van der Waals surface area contributed by atoms with E-state index in [4.69, 9.17) is 0 Å². The van der Waals surface area contributed by atoms with Gasteiger partial charge in [0.25, 0.3) is 0 Å². The lowest BCUT2D eigenvalue weighted by molar-refractivity contribution is -0.131. The van der Waals surface area contributed by atoms with Crippen LogP contribution in [0, 0.1) is 6.92 Å². The second-order valence-corrected chi connectivity index (χ2v) is 10.3. The van der Waals surface area contributed by atoms with Gasteiger partial charge in [0, 0.05) is 81.6 Å². The van der Waals surface area contributed by atoms with Crippen molar-refractivity contribution in [3.05, 3.63) is 54.1 Å². The number of anilines is 2. The first-order chi connectivity index (χ1) is 16.8. The molecule has 2 aromatic carbocycles. The van der Waals surface area contributed by atoms with E-state index in [1.165, 1.54) is 23.4 Å². The highest BCUT2D eigenvalue weighted by Crippen LogP contribution is 2.37. The predicted molar refractivity (Wildman–Crippen MR) is 136 cm³/mol. The van der Waals surface area contributed by atoms with Crippen LogP contribution in [-0.2, 0) is 4.79 Å². The quantitative estimate of drug-likeness (QED) is 0.523. The van der Waals surface area contributed by atoms with Crippen LogP contribution in [0.25, 0.3) is 0 Å². The molecule has 0 N–H and O–H groups in total. The molecule has 2 aliphatic heterocycles. The molecule has 0 bridgehead atoms. The zero-order chi connectivity index (χ0) is 24.8. The summed E-state index contributed by atoms with van der Waals surface area (Å²) < 4.78 is 37.7. The summed E-state index contributed by atoms with van der Waals surface area (Å²) in [6, 6.07) is 15.1. The molecule has 0 aromatic heterocycles. The number of hydrogen-bond donors (Lipinski definition) is 0. The van der Waals surface area contributed by atoms with Gasteiger partial charge in [-0.05, 0) is 61.5 Å². The maximum absolute atomic E-state index is 12.9. The van der Waals surface area contributed by atoms with Crippen LogP contribution in [0.3, 0.4) is 0 Å². The SMILES string of the molecule is Cc1ccc(N2CCN(CCC(=O)N3CCCN(c4ccc(SC(F)(F)F)cc4)CC3)CC2)cc1. The van der Waals surface area contributed by atoms with E-state index < -0.39 is 5.51 Å². The van der Waals surface area contributed by atoms with Gasteiger partial charge in [-0.2, -0.15) is 13.2 Å². The molecule has 0 spiro atoms. The van der Waals surface area contributed by atoms with Crippen molar-refractivity contribution < 1.29 is 18.0 Å². The average molecular weight is 507 g/mol. The Kier molecular flexibility index (Phi) is 8.49. The number of amides is 1. The number of carbonyl (C=O) groups is 1. The zero-order valence-corrected chi connectivity index (χ0v) is 21.0. The summed E-state index contributed by atoms with van der Waals surface area (Å²) in [6.45, 7) is 9.56. The number of halogens is 3. The Hall–Kier alpha value is -2.39. The van der Waals surface area contributed by atoms with Gasteiger partial charge >= 0.3 is 5.51 Å². The van der Waals surface area contributed by atoms with Crippen molar-refractivity contribution in [3.63, 3.8) is 0 Å². The van der Waals surface area contributed by atoms with E-state index in [0.29, 0.717) is 19.5 Å². The molecule has 0 saturated carbocycles. The molecule has 35 heavy (non-hydrogen) atoms. The van der Waals surface area contributed by atoms with Crippen LogP contribution in [0.5, 0.6) is 0 Å². The van der Waals surface area contributed by atoms with Crippen molar-refractivity contribution in [1.82, 2.24) is 9.80 Å². The van der Waals surface area contributed by atoms with Gasteiger partial charge in [-0.1, -0.05) is 17.7 Å². The molecule has 5 nitrogen and oxygen atoms in total. The lowest BCUT2D eigenvalue weighted by Gasteiger charge is -2.36. The van der Waals surface area contributed by atoms with E-state index in [1.807, 2.05) is 4.90 Å². The third-order valence-electron chi connectivity index (χ3n) is 6.70. The number of benzene rings is 2. The molecule has 2 saturated heterocycles. The molecule has 4 rings (SSSR count). The normalized spacial score (nSPS) is 18.0. The highest BCUT2D eigenvalue weighted by Gasteiger charge is 2.29. The van der Waals surface area contributed by atoms with Crippen LogP contribution in [0.15, 0.2) is 53.4 Å². The van der Waals surface area contributed by atoms with Crippen LogP contribution < -0.4 is 9.80 Å². The Balaban J connectivity index is 1.20. The van der Waals surface area contributed by atoms with Crippen molar-refractivity contribution in [2.45, 2.75) is 30.2 Å². The first kappa shape index (κ1) is 25.7. The van der Waals surface area contributed by atoms with E-state index in [0.717, 1.165) is 57.9 Å². The Labute approximate surface area is 209 Å². The monoisotopic (exact) mass is 506 g/mol. The lowest BCUT2D eigenvalue weighted by atomic mass is 10.2. The fraction of sp³-hybridized carbons (Fsp3) is 0.500. The number of rotatable bonds is 6. The smallest absolute Gasteiger partial charge is 0.370 e. The Morgan fingerprint density at radius 3 is 2.00 bits per heavy atom. The number of carbonyl (C=O) groups excluding carboxylic acids is 1. The number of alkyl halides is 3. The molecule has 9 heteroatoms.